The van der Waals surface area contributed by atoms with Gasteiger partial charge in [-0.25, -0.2) is 4.79 Å². The summed E-state index contributed by atoms with van der Waals surface area (Å²) in [6, 6.07) is 12.6. The summed E-state index contributed by atoms with van der Waals surface area (Å²) < 4.78 is 11.8. The molecule has 3 rings (SSSR count). The van der Waals surface area contributed by atoms with Gasteiger partial charge in [0.15, 0.2) is 11.5 Å². The minimum absolute atomic E-state index is 0.229. The molecule has 1 aliphatic heterocycles. The number of carbonyl (C=O) groups excluding carboxylic acids is 2. The zero-order valence-corrected chi connectivity index (χ0v) is 17.1. The molecule has 1 aliphatic rings. The molecular weight excluding hydrogens is 459 g/mol. The number of nitrogens with zero attached hydrogens (tertiary/aromatic N) is 1. The number of rotatable bonds is 6. The van der Waals surface area contributed by atoms with Crippen molar-refractivity contribution in [3.05, 3.63) is 62.9 Å². The molecule has 1 saturated heterocycles. The van der Waals surface area contributed by atoms with Gasteiger partial charge >= 0.3 is 6.03 Å². The van der Waals surface area contributed by atoms with E-state index in [0.717, 1.165) is 14.7 Å². The number of methoxy groups -OCH3 is 1. The average Bonchev–Trinajstić information content (AvgIpc) is 2.90. The fraction of sp³-hybridized carbons (Fsp3) is 0.200. The summed E-state index contributed by atoms with van der Waals surface area (Å²) in [6.07, 6.45) is 1.65. The minimum Gasteiger partial charge on any atom is -0.492 e. The van der Waals surface area contributed by atoms with Crippen LogP contribution >= 0.6 is 22.6 Å². The predicted molar refractivity (Wildman–Crippen MR) is 110 cm³/mol. The molecular formula is C20H19IN2O4. The van der Waals surface area contributed by atoms with Crippen LogP contribution in [0.4, 0.5) is 4.79 Å². The van der Waals surface area contributed by atoms with Gasteiger partial charge in [-0.15, -0.1) is 0 Å². The quantitative estimate of drug-likeness (QED) is 0.390. The summed E-state index contributed by atoms with van der Waals surface area (Å²) in [5, 5.41) is 2.65. The lowest BCUT2D eigenvalue weighted by Gasteiger charge is -2.12. The van der Waals surface area contributed by atoms with E-state index < -0.39 is 6.03 Å². The van der Waals surface area contributed by atoms with Crippen molar-refractivity contribution >= 4 is 40.6 Å². The molecule has 0 aliphatic carbocycles. The Kier molecular flexibility index (Phi) is 6.00. The lowest BCUT2D eigenvalue weighted by Crippen LogP contribution is -2.30. The monoisotopic (exact) mass is 478 g/mol. The van der Waals surface area contributed by atoms with E-state index in [1.165, 1.54) is 4.90 Å². The Hall–Kier alpha value is -2.55. The van der Waals surface area contributed by atoms with E-state index in [4.69, 9.17) is 9.47 Å². The smallest absolute Gasteiger partial charge is 0.329 e. The summed E-state index contributed by atoms with van der Waals surface area (Å²) in [4.78, 5) is 26.1. The Morgan fingerprint density at radius 3 is 2.59 bits per heavy atom. The van der Waals surface area contributed by atoms with Crippen LogP contribution in [-0.4, -0.2) is 30.6 Å². The predicted octanol–water partition coefficient (Wildman–Crippen LogP) is 3.79. The molecule has 0 aromatic heterocycles. The summed E-state index contributed by atoms with van der Waals surface area (Å²) in [6.45, 7) is 2.61. The highest BCUT2D eigenvalue weighted by atomic mass is 127. The van der Waals surface area contributed by atoms with Crippen molar-refractivity contribution < 1.29 is 19.1 Å². The van der Waals surface area contributed by atoms with Gasteiger partial charge in [-0.05, 0) is 58.9 Å². The van der Waals surface area contributed by atoms with Crippen LogP contribution in [-0.2, 0) is 11.3 Å². The van der Waals surface area contributed by atoms with E-state index in [-0.39, 0.29) is 18.1 Å². The maximum Gasteiger partial charge on any atom is 0.329 e. The van der Waals surface area contributed by atoms with Crippen LogP contribution in [0, 0.1) is 3.57 Å². The summed E-state index contributed by atoms with van der Waals surface area (Å²) in [7, 11) is 1.58. The summed E-state index contributed by atoms with van der Waals surface area (Å²) in [5.41, 5.74) is 1.87. The molecule has 1 fully saturated rings. The van der Waals surface area contributed by atoms with Gasteiger partial charge in [0, 0.05) is 0 Å². The highest BCUT2D eigenvalue weighted by Gasteiger charge is 2.33. The van der Waals surface area contributed by atoms with Crippen molar-refractivity contribution in [3.8, 4) is 11.5 Å². The van der Waals surface area contributed by atoms with Crippen LogP contribution in [0.15, 0.2) is 48.2 Å². The Morgan fingerprint density at radius 1 is 1.19 bits per heavy atom. The van der Waals surface area contributed by atoms with Crippen molar-refractivity contribution in [2.24, 2.45) is 0 Å². The molecule has 1 N–H and O–H groups in total. The SMILES string of the molecule is CCOc1cc(/C=C2/NC(=O)N(Cc3ccccc3)C2=O)cc(I)c1OC. The molecule has 0 bridgehead atoms. The number of urea groups is 1. The molecule has 2 aromatic rings. The van der Waals surface area contributed by atoms with Crippen molar-refractivity contribution in [2.45, 2.75) is 13.5 Å². The van der Waals surface area contributed by atoms with Crippen molar-refractivity contribution in [3.63, 3.8) is 0 Å². The molecule has 3 amide bonds. The third-order valence-electron chi connectivity index (χ3n) is 3.99. The normalized spacial score (nSPS) is 15.2. The molecule has 7 heteroatoms. The van der Waals surface area contributed by atoms with Crippen molar-refractivity contribution in [2.75, 3.05) is 13.7 Å². The zero-order valence-electron chi connectivity index (χ0n) is 15.0. The number of nitrogens with one attached hydrogen (secondary N) is 1. The Labute approximate surface area is 171 Å². The van der Waals surface area contributed by atoms with E-state index >= 15 is 0 Å². The molecule has 0 radical (unpaired) electrons. The van der Waals surface area contributed by atoms with E-state index in [9.17, 15) is 9.59 Å². The van der Waals surface area contributed by atoms with Gasteiger partial charge in [0.1, 0.15) is 5.70 Å². The second kappa shape index (κ2) is 8.43. The van der Waals surface area contributed by atoms with Gasteiger partial charge in [0.05, 0.1) is 23.8 Å². The van der Waals surface area contributed by atoms with Crippen LogP contribution < -0.4 is 14.8 Å². The van der Waals surface area contributed by atoms with Gasteiger partial charge < -0.3 is 14.8 Å². The Morgan fingerprint density at radius 2 is 1.93 bits per heavy atom. The van der Waals surface area contributed by atoms with Crippen LogP contribution in [0.5, 0.6) is 11.5 Å². The highest BCUT2D eigenvalue weighted by Crippen LogP contribution is 2.34. The van der Waals surface area contributed by atoms with Crippen LogP contribution in [0.2, 0.25) is 0 Å². The van der Waals surface area contributed by atoms with Gasteiger partial charge in [-0.2, -0.15) is 0 Å². The van der Waals surface area contributed by atoms with Crippen molar-refractivity contribution in [1.82, 2.24) is 10.2 Å². The van der Waals surface area contributed by atoms with E-state index in [0.29, 0.717) is 18.1 Å². The molecule has 6 nitrogen and oxygen atoms in total. The molecule has 2 aromatic carbocycles. The lowest BCUT2D eigenvalue weighted by molar-refractivity contribution is -0.123. The second-order valence-electron chi connectivity index (χ2n) is 5.83. The van der Waals surface area contributed by atoms with Crippen molar-refractivity contribution in [1.29, 1.82) is 0 Å². The van der Waals surface area contributed by atoms with Crippen LogP contribution in [0.3, 0.4) is 0 Å². The minimum atomic E-state index is -0.427. The van der Waals surface area contributed by atoms with Gasteiger partial charge in [0.2, 0.25) is 0 Å². The number of halogens is 1. The number of carbonyl (C=O) groups is 2. The summed E-state index contributed by atoms with van der Waals surface area (Å²) >= 11 is 2.15. The van der Waals surface area contributed by atoms with E-state index in [1.54, 1.807) is 19.3 Å². The van der Waals surface area contributed by atoms with E-state index in [1.807, 2.05) is 43.3 Å². The number of hydrogen-bond acceptors (Lipinski definition) is 4. The van der Waals surface area contributed by atoms with Gasteiger partial charge in [-0.1, -0.05) is 30.3 Å². The maximum absolute atomic E-state index is 12.7. The third-order valence-corrected chi connectivity index (χ3v) is 4.79. The lowest BCUT2D eigenvalue weighted by atomic mass is 10.1. The largest absolute Gasteiger partial charge is 0.492 e. The molecule has 0 saturated carbocycles. The fourth-order valence-corrected chi connectivity index (χ4v) is 3.63. The number of imide groups is 1. The van der Waals surface area contributed by atoms with Crippen LogP contribution in [0.1, 0.15) is 18.1 Å². The Balaban J connectivity index is 1.87. The van der Waals surface area contributed by atoms with Gasteiger partial charge in [-0.3, -0.25) is 9.69 Å². The molecule has 0 spiro atoms. The molecule has 27 heavy (non-hydrogen) atoms. The first-order chi connectivity index (χ1) is 13.0. The van der Waals surface area contributed by atoms with E-state index in [2.05, 4.69) is 27.9 Å². The first-order valence-corrected chi connectivity index (χ1v) is 9.50. The second-order valence-corrected chi connectivity index (χ2v) is 6.99. The molecule has 140 valence electrons. The number of ether oxygens (including phenoxy) is 2. The summed E-state index contributed by atoms with van der Waals surface area (Å²) in [5.74, 6) is 0.886. The molecule has 1 heterocycles. The number of amides is 3. The average molecular weight is 478 g/mol. The molecule has 0 unspecified atom stereocenters. The van der Waals surface area contributed by atoms with Crippen LogP contribution in [0.25, 0.3) is 6.08 Å². The fourth-order valence-electron chi connectivity index (χ4n) is 2.78. The zero-order chi connectivity index (χ0) is 19.4. The van der Waals surface area contributed by atoms with Gasteiger partial charge in [0.25, 0.3) is 5.91 Å². The molecule has 0 atom stereocenters. The Bertz CT molecular complexity index is 896. The highest BCUT2D eigenvalue weighted by molar-refractivity contribution is 14.1. The first kappa shape index (κ1) is 19.2. The topological polar surface area (TPSA) is 67.9 Å². The number of benzene rings is 2. The standard InChI is InChI=1S/C20H19IN2O4/c1-3-27-17-11-14(9-15(21)18(17)26-2)10-16-19(24)23(20(25)22-16)12-13-7-5-4-6-8-13/h4-11H,3,12H2,1-2H3,(H,22,25)/b16-10+. The first-order valence-electron chi connectivity index (χ1n) is 8.42. The maximum atomic E-state index is 12.7. The number of hydrogen-bond donors (Lipinski definition) is 1. The third kappa shape index (κ3) is 4.24.